The van der Waals surface area contributed by atoms with Crippen molar-refractivity contribution in [3.8, 4) is 0 Å². The number of nitrogens with zero attached hydrogens (tertiary/aromatic N) is 2. The SMILES string of the molecule is CCC(=O)C(Nc1ccncn1)C(C)C. The number of nitrogens with one attached hydrogen (secondary N) is 1. The summed E-state index contributed by atoms with van der Waals surface area (Å²) in [5.41, 5.74) is 0. The summed E-state index contributed by atoms with van der Waals surface area (Å²) in [5.74, 6) is 1.17. The first-order valence-corrected chi connectivity index (χ1v) is 5.20. The van der Waals surface area contributed by atoms with Crippen molar-refractivity contribution in [2.45, 2.75) is 33.2 Å². The Kier molecular flexibility index (Phi) is 4.21. The van der Waals surface area contributed by atoms with Crippen molar-refractivity contribution in [3.05, 3.63) is 18.6 Å². The van der Waals surface area contributed by atoms with Crippen molar-refractivity contribution in [2.75, 3.05) is 5.32 Å². The van der Waals surface area contributed by atoms with Crippen LogP contribution in [0.4, 0.5) is 5.82 Å². The summed E-state index contributed by atoms with van der Waals surface area (Å²) in [7, 11) is 0. The topological polar surface area (TPSA) is 54.9 Å². The van der Waals surface area contributed by atoms with Gasteiger partial charge in [-0.25, -0.2) is 9.97 Å². The van der Waals surface area contributed by atoms with E-state index in [1.807, 2.05) is 20.8 Å². The van der Waals surface area contributed by atoms with Crippen LogP contribution in [0, 0.1) is 5.92 Å². The van der Waals surface area contributed by atoms with Crippen LogP contribution in [0.1, 0.15) is 27.2 Å². The molecule has 1 atom stereocenters. The molecule has 0 spiro atoms. The molecule has 1 aromatic rings. The molecule has 0 saturated heterocycles. The van der Waals surface area contributed by atoms with Crippen molar-refractivity contribution < 1.29 is 4.79 Å². The molecule has 0 saturated carbocycles. The molecule has 0 aliphatic heterocycles. The van der Waals surface area contributed by atoms with Gasteiger partial charge in [-0.3, -0.25) is 4.79 Å². The lowest BCUT2D eigenvalue weighted by atomic mass is 9.98. The maximum Gasteiger partial charge on any atom is 0.155 e. The Morgan fingerprint density at radius 2 is 2.27 bits per heavy atom. The molecule has 4 nitrogen and oxygen atoms in total. The van der Waals surface area contributed by atoms with Crippen molar-refractivity contribution >= 4 is 11.6 Å². The molecule has 1 heterocycles. The summed E-state index contributed by atoms with van der Waals surface area (Å²) >= 11 is 0. The van der Waals surface area contributed by atoms with E-state index in [2.05, 4.69) is 15.3 Å². The minimum atomic E-state index is -0.162. The van der Waals surface area contributed by atoms with Crippen molar-refractivity contribution in [3.63, 3.8) is 0 Å². The fourth-order valence-corrected chi connectivity index (χ4v) is 1.37. The van der Waals surface area contributed by atoms with Gasteiger partial charge in [0.25, 0.3) is 0 Å². The van der Waals surface area contributed by atoms with E-state index in [9.17, 15) is 4.79 Å². The third kappa shape index (κ3) is 3.31. The van der Waals surface area contributed by atoms with Crippen LogP contribution in [-0.4, -0.2) is 21.8 Å². The Hall–Kier alpha value is -1.45. The number of anilines is 1. The summed E-state index contributed by atoms with van der Waals surface area (Å²) in [6.07, 6.45) is 3.67. The zero-order valence-electron chi connectivity index (χ0n) is 9.40. The average molecular weight is 207 g/mol. The number of ketones is 1. The molecule has 0 aliphatic carbocycles. The van der Waals surface area contributed by atoms with E-state index in [0.29, 0.717) is 12.2 Å². The van der Waals surface area contributed by atoms with E-state index in [1.165, 1.54) is 6.33 Å². The lowest BCUT2D eigenvalue weighted by Gasteiger charge is -2.20. The van der Waals surface area contributed by atoms with Gasteiger partial charge in [0.15, 0.2) is 5.78 Å². The highest BCUT2D eigenvalue weighted by Gasteiger charge is 2.20. The number of carbonyl (C=O) groups is 1. The van der Waals surface area contributed by atoms with Gasteiger partial charge >= 0.3 is 0 Å². The summed E-state index contributed by atoms with van der Waals surface area (Å²) in [5, 5.41) is 3.13. The lowest BCUT2D eigenvalue weighted by Crippen LogP contribution is -2.34. The first-order chi connectivity index (χ1) is 7.15. The van der Waals surface area contributed by atoms with Gasteiger partial charge in [-0.1, -0.05) is 20.8 Å². The van der Waals surface area contributed by atoms with Crippen LogP contribution in [0.25, 0.3) is 0 Å². The quantitative estimate of drug-likeness (QED) is 0.801. The van der Waals surface area contributed by atoms with Gasteiger partial charge < -0.3 is 5.32 Å². The number of rotatable bonds is 5. The molecule has 15 heavy (non-hydrogen) atoms. The van der Waals surface area contributed by atoms with Crippen molar-refractivity contribution in [1.82, 2.24) is 9.97 Å². The Morgan fingerprint density at radius 3 is 2.73 bits per heavy atom. The van der Waals surface area contributed by atoms with E-state index < -0.39 is 0 Å². The Bertz CT molecular complexity index is 311. The number of hydrogen-bond acceptors (Lipinski definition) is 4. The minimum Gasteiger partial charge on any atom is -0.360 e. The second-order valence-electron chi connectivity index (χ2n) is 3.78. The van der Waals surface area contributed by atoms with E-state index in [0.717, 1.165) is 0 Å². The van der Waals surface area contributed by atoms with Gasteiger partial charge in [0.2, 0.25) is 0 Å². The van der Waals surface area contributed by atoms with Gasteiger partial charge in [0.1, 0.15) is 12.1 Å². The number of hydrogen-bond donors (Lipinski definition) is 1. The van der Waals surface area contributed by atoms with Gasteiger partial charge in [0.05, 0.1) is 6.04 Å². The van der Waals surface area contributed by atoms with Crippen molar-refractivity contribution in [2.24, 2.45) is 5.92 Å². The van der Waals surface area contributed by atoms with Gasteiger partial charge in [-0.15, -0.1) is 0 Å². The third-order valence-corrected chi connectivity index (χ3v) is 2.25. The molecule has 1 N–H and O–H groups in total. The highest BCUT2D eigenvalue weighted by molar-refractivity contribution is 5.86. The Balaban J connectivity index is 2.72. The summed E-state index contributed by atoms with van der Waals surface area (Å²) in [6, 6.07) is 1.60. The lowest BCUT2D eigenvalue weighted by molar-refractivity contribution is -0.120. The number of Topliss-reactive ketones (excluding diaryl/α,β-unsaturated/α-hetero) is 1. The Morgan fingerprint density at radius 1 is 1.53 bits per heavy atom. The third-order valence-electron chi connectivity index (χ3n) is 2.25. The minimum absolute atomic E-state index is 0.162. The Labute approximate surface area is 90.1 Å². The van der Waals surface area contributed by atoms with E-state index in [-0.39, 0.29) is 17.7 Å². The van der Waals surface area contributed by atoms with Crippen LogP contribution in [0.3, 0.4) is 0 Å². The second kappa shape index (κ2) is 5.44. The van der Waals surface area contributed by atoms with Gasteiger partial charge in [0, 0.05) is 12.6 Å². The zero-order valence-corrected chi connectivity index (χ0v) is 9.40. The maximum absolute atomic E-state index is 11.7. The smallest absolute Gasteiger partial charge is 0.155 e. The number of aromatic nitrogens is 2. The van der Waals surface area contributed by atoms with Crippen LogP contribution < -0.4 is 5.32 Å². The van der Waals surface area contributed by atoms with E-state index >= 15 is 0 Å². The van der Waals surface area contributed by atoms with E-state index in [4.69, 9.17) is 0 Å². The van der Waals surface area contributed by atoms with Crippen molar-refractivity contribution in [1.29, 1.82) is 0 Å². The molecule has 0 fully saturated rings. The molecule has 1 unspecified atom stereocenters. The first-order valence-electron chi connectivity index (χ1n) is 5.20. The van der Waals surface area contributed by atoms with Gasteiger partial charge in [-0.05, 0) is 12.0 Å². The van der Waals surface area contributed by atoms with Gasteiger partial charge in [-0.2, -0.15) is 0 Å². The summed E-state index contributed by atoms with van der Waals surface area (Å²) in [4.78, 5) is 19.5. The molecule has 0 amide bonds. The fourth-order valence-electron chi connectivity index (χ4n) is 1.37. The molecule has 1 rings (SSSR count). The summed E-state index contributed by atoms with van der Waals surface area (Å²) < 4.78 is 0. The molecular weight excluding hydrogens is 190 g/mol. The van der Waals surface area contributed by atoms with Crippen LogP contribution in [-0.2, 0) is 4.79 Å². The molecule has 82 valence electrons. The molecule has 0 aromatic carbocycles. The maximum atomic E-state index is 11.7. The largest absolute Gasteiger partial charge is 0.360 e. The van der Waals surface area contributed by atoms with E-state index in [1.54, 1.807) is 12.3 Å². The van der Waals surface area contributed by atoms with Crippen LogP contribution >= 0.6 is 0 Å². The van der Waals surface area contributed by atoms with Crippen LogP contribution in [0.2, 0.25) is 0 Å². The fraction of sp³-hybridized carbons (Fsp3) is 0.545. The standard InChI is InChI=1S/C11H17N3O/c1-4-9(15)11(8(2)3)14-10-5-6-12-7-13-10/h5-8,11H,4H2,1-3H3,(H,12,13,14). The molecule has 0 aliphatic rings. The second-order valence-corrected chi connectivity index (χ2v) is 3.78. The molecule has 1 aromatic heterocycles. The van der Waals surface area contributed by atoms with Crippen LogP contribution in [0.15, 0.2) is 18.6 Å². The zero-order chi connectivity index (χ0) is 11.3. The predicted molar refractivity (Wildman–Crippen MR) is 59.6 cm³/mol. The summed E-state index contributed by atoms with van der Waals surface area (Å²) in [6.45, 7) is 5.91. The normalized spacial score (nSPS) is 12.5. The first kappa shape index (κ1) is 11.6. The molecule has 4 heteroatoms. The average Bonchev–Trinajstić information content (AvgIpc) is 2.26. The monoisotopic (exact) mass is 207 g/mol. The molecule has 0 bridgehead atoms. The number of carbonyl (C=O) groups excluding carboxylic acids is 1. The predicted octanol–water partition coefficient (Wildman–Crippen LogP) is 1.89. The van der Waals surface area contributed by atoms with Crippen LogP contribution in [0.5, 0.6) is 0 Å². The molecular formula is C11H17N3O. The molecule has 0 radical (unpaired) electrons. The highest BCUT2D eigenvalue weighted by atomic mass is 16.1. The highest BCUT2D eigenvalue weighted by Crippen LogP contribution is 2.11.